The molecule has 3 nitrogen and oxygen atoms in total. The van der Waals surface area contributed by atoms with Gasteiger partial charge in [-0.25, -0.2) is 8.78 Å². The highest BCUT2D eigenvalue weighted by atomic mass is 79.9. The number of benzene rings is 1. The molecule has 0 bridgehead atoms. The van der Waals surface area contributed by atoms with Gasteiger partial charge in [0.15, 0.2) is 11.6 Å². The summed E-state index contributed by atoms with van der Waals surface area (Å²) in [6.07, 6.45) is 1.73. The van der Waals surface area contributed by atoms with Gasteiger partial charge in [0.2, 0.25) is 0 Å². The zero-order valence-electron chi connectivity index (χ0n) is 11.2. The van der Waals surface area contributed by atoms with Gasteiger partial charge in [-0.05, 0) is 46.8 Å². The Kier molecular flexibility index (Phi) is 4.75. The van der Waals surface area contributed by atoms with E-state index in [2.05, 4.69) is 22.9 Å². The molecule has 6 heteroatoms. The van der Waals surface area contributed by atoms with E-state index in [1.165, 1.54) is 0 Å². The zero-order chi connectivity index (χ0) is 14.9. The van der Waals surface area contributed by atoms with Gasteiger partial charge in [-0.15, -0.1) is 0 Å². The smallest absolute Gasteiger partial charge is 0.255 e. The van der Waals surface area contributed by atoms with Crippen LogP contribution < -0.4 is 5.73 Å². The summed E-state index contributed by atoms with van der Waals surface area (Å²) in [7, 11) is 0. The number of piperidine rings is 1. The Morgan fingerprint density at radius 3 is 2.75 bits per heavy atom. The first kappa shape index (κ1) is 15.4. The minimum atomic E-state index is -1.02. The van der Waals surface area contributed by atoms with Gasteiger partial charge in [-0.2, -0.15) is 0 Å². The van der Waals surface area contributed by atoms with Crippen LogP contribution in [-0.4, -0.2) is 29.9 Å². The largest absolute Gasteiger partial charge is 0.334 e. The molecule has 1 amide bonds. The average molecular weight is 347 g/mol. The normalized spacial score (nSPS) is 22.9. The summed E-state index contributed by atoms with van der Waals surface area (Å²) in [5, 5.41) is 0. The highest BCUT2D eigenvalue weighted by molar-refractivity contribution is 9.10. The second kappa shape index (κ2) is 6.18. The van der Waals surface area contributed by atoms with E-state index in [1.54, 1.807) is 4.90 Å². The van der Waals surface area contributed by atoms with Crippen LogP contribution >= 0.6 is 15.9 Å². The molecule has 2 unspecified atom stereocenters. The maximum Gasteiger partial charge on any atom is 0.255 e. The third-order valence-corrected chi connectivity index (χ3v) is 4.41. The molecule has 2 atom stereocenters. The van der Waals surface area contributed by atoms with Crippen LogP contribution in [0.15, 0.2) is 16.6 Å². The van der Waals surface area contributed by atoms with Crippen molar-refractivity contribution in [3.63, 3.8) is 0 Å². The minimum absolute atomic E-state index is 0.0498. The van der Waals surface area contributed by atoms with Gasteiger partial charge in [0.25, 0.3) is 5.91 Å². The minimum Gasteiger partial charge on any atom is -0.334 e. The maximum absolute atomic E-state index is 13.3. The predicted octanol–water partition coefficient (Wildman–Crippen LogP) is 2.93. The van der Waals surface area contributed by atoms with Gasteiger partial charge in [-0.3, -0.25) is 4.79 Å². The molecule has 0 radical (unpaired) electrons. The van der Waals surface area contributed by atoms with Gasteiger partial charge < -0.3 is 10.6 Å². The van der Waals surface area contributed by atoms with E-state index in [1.807, 2.05) is 0 Å². The van der Waals surface area contributed by atoms with E-state index in [9.17, 15) is 13.6 Å². The number of rotatable bonds is 2. The summed E-state index contributed by atoms with van der Waals surface area (Å²) in [5.74, 6) is -1.79. The molecule has 0 aliphatic carbocycles. The van der Waals surface area contributed by atoms with Gasteiger partial charge in [0, 0.05) is 23.6 Å². The van der Waals surface area contributed by atoms with Crippen molar-refractivity contribution < 1.29 is 13.6 Å². The van der Waals surface area contributed by atoms with E-state index >= 15 is 0 Å². The molecule has 0 spiro atoms. The second-order valence-electron chi connectivity index (χ2n) is 5.26. The molecule has 1 fully saturated rings. The van der Waals surface area contributed by atoms with Crippen molar-refractivity contribution in [2.24, 2.45) is 11.7 Å². The Morgan fingerprint density at radius 1 is 1.45 bits per heavy atom. The molecule has 0 saturated carbocycles. The third-order valence-electron chi connectivity index (χ3n) is 3.75. The summed E-state index contributed by atoms with van der Waals surface area (Å²) in [6, 6.07) is 1.87. The van der Waals surface area contributed by atoms with Crippen molar-refractivity contribution in [2.75, 3.05) is 13.1 Å². The van der Waals surface area contributed by atoms with Crippen molar-refractivity contribution in [2.45, 2.75) is 25.8 Å². The fourth-order valence-electron chi connectivity index (χ4n) is 2.58. The molecule has 110 valence electrons. The third kappa shape index (κ3) is 3.01. The van der Waals surface area contributed by atoms with E-state index in [0.29, 0.717) is 19.0 Å². The lowest BCUT2D eigenvalue weighted by molar-refractivity contribution is 0.0572. The molecule has 1 aliphatic heterocycles. The van der Waals surface area contributed by atoms with Gasteiger partial charge in [0.05, 0.1) is 5.56 Å². The fraction of sp³-hybridized carbons (Fsp3) is 0.500. The topological polar surface area (TPSA) is 46.3 Å². The average Bonchev–Trinajstić information content (AvgIpc) is 2.42. The van der Waals surface area contributed by atoms with E-state index < -0.39 is 11.6 Å². The summed E-state index contributed by atoms with van der Waals surface area (Å²) in [4.78, 5) is 14.2. The van der Waals surface area contributed by atoms with Crippen molar-refractivity contribution in [1.82, 2.24) is 4.90 Å². The number of nitrogens with two attached hydrogens (primary N) is 1. The van der Waals surface area contributed by atoms with E-state index in [0.717, 1.165) is 25.0 Å². The molecule has 20 heavy (non-hydrogen) atoms. The monoisotopic (exact) mass is 346 g/mol. The van der Waals surface area contributed by atoms with E-state index in [4.69, 9.17) is 5.73 Å². The van der Waals surface area contributed by atoms with Crippen LogP contribution in [-0.2, 0) is 0 Å². The number of carbonyl (C=O) groups excluding carboxylic acids is 1. The standard InChI is InChI=1S/C14H17BrF2N2O/c1-8-2-3-19(9(4-8)7-18)14(20)10-5-12(16)13(17)6-11(10)15/h5-6,8-9H,2-4,7,18H2,1H3. The zero-order valence-corrected chi connectivity index (χ0v) is 12.8. The first-order chi connectivity index (χ1) is 9.43. The van der Waals surface area contributed by atoms with Gasteiger partial charge >= 0.3 is 0 Å². The molecule has 0 aromatic heterocycles. The van der Waals surface area contributed by atoms with Gasteiger partial charge in [0.1, 0.15) is 0 Å². The van der Waals surface area contributed by atoms with E-state index in [-0.39, 0.29) is 22.0 Å². The highest BCUT2D eigenvalue weighted by Crippen LogP contribution is 2.27. The quantitative estimate of drug-likeness (QED) is 0.837. The van der Waals surface area contributed by atoms with Crippen LogP contribution in [0, 0.1) is 17.6 Å². The Balaban J connectivity index is 2.28. The first-order valence-corrected chi connectivity index (χ1v) is 7.39. The number of halogens is 3. The summed E-state index contributed by atoms with van der Waals surface area (Å²) in [5.41, 5.74) is 5.86. The Labute approximate surface area is 125 Å². The fourth-order valence-corrected chi connectivity index (χ4v) is 3.07. The second-order valence-corrected chi connectivity index (χ2v) is 6.12. The molecular formula is C14H17BrF2N2O. The number of amides is 1. The molecule has 2 N–H and O–H groups in total. The molecule has 1 saturated heterocycles. The Morgan fingerprint density at radius 2 is 2.10 bits per heavy atom. The lowest BCUT2D eigenvalue weighted by atomic mass is 9.92. The number of carbonyl (C=O) groups is 1. The van der Waals surface area contributed by atoms with Crippen molar-refractivity contribution in [3.05, 3.63) is 33.8 Å². The molecule has 2 rings (SSSR count). The van der Waals surface area contributed by atoms with Crippen molar-refractivity contribution in [3.8, 4) is 0 Å². The van der Waals surface area contributed by atoms with Crippen LogP contribution in [0.5, 0.6) is 0 Å². The van der Waals surface area contributed by atoms with Crippen molar-refractivity contribution >= 4 is 21.8 Å². The molecule has 1 aromatic rings. The van der Waals surface area contributed by atoms with Crippen LogP contribution in [0.4, 0.5) is 8.78 Å². The van der Waals surface area contributed by atoms with Crippen LogP contribution in [0.3, 0.4) is 0 Å². The van der Waals surface area contributed by atoms with Crippen LogP contribution in [0.2, 0.25) is 0 Å². The first-order valence-electron chi connectivity index (χ1n) is 6.59. The molecule has 1 heterocycles. The Hall–Kier alpha value is -1.01. The molecule has 1 aliphatic rings. The SMILES string of the molecule is CC1CCN(C(=O)c2cc(F)c(F)cc2Br)C(CN)C1. The maximum atomic E-state index is 13.3. The highest BCUT2D eigenvalue weighted by Gasteiger charge is 2.30. The summed E-state index contributed by atoms with van der Waals surface area (Å²) in [6.45, 7) is 3.09. The number of hydrogen-bond acceptors (Lipinski definition) is 2. The van der Waals surface area contributed by atoms with Crippen LogP contribution in [0.1, 0.15) is 30.1 Å². The van der Waals surface area contributed by atoms with Crippen LogP contribution in [0.25, 0.3) is 0 Å². The Bertz CT molecular complexity index is 524. The van der Waals surface area contributed by atoms with Gasteiger partial charge in [-0.1, -0.05) is 6.92 Å². The number of hydrogen-bond donors (Lipinski definition) is 1. The number of nitrogens with zero attached hydrogens (tertiary/aromatic N) is 1. The lowest BCUT2D eigenvalue weighted by Crippen LogP contribution is -2.49. The summed E-state index contributed by atoms with van der Waals surface area (Å²) >= 11 is 3.12. The van der Waals surface area contributed by atoms with Crippen molar-refractivity contribution in [1.29, 1.82) is 0 Å². The summed E-state index contributed by atoms with van der Waals surface area (Å²) < 4.78 is 26.7. The lowest BCUT2D eigenvalue weighted by Gasteiger charge is -2.38. The number of likely N-dealkylation sites (tertiary alicyclic amines) is 1. The predicted molar refractivity (Wildman–Crippen MR) is 76.3 cm³/mol. The molecule has 1 aromatic carbocycles. The molecular weight excluding hydrogens is 330 g/mol.